The normalized spacial score (nSPS) is 20.7. The number of hydrogen-bond donors (Lipinski definition) is 2. The largest absolute Gasteiger partial charge is 0.508 e. The van der Waals surface area contributed by atoms with E-state index in [4.69, 9.17) is 0 Å². The van der Waals surface area contributed by atoms with Gasteiger partial charge >= 0.3 is 0 Å². The van der Waals surface area contributed by atoms with Crippen LogP contribution in [0.15, 0.2) is 54.6 Å². The maximum atomic E-state index is 12.8. The average Bonchev–Trinajstić information content (AvgIpc) is 2.58. The summed E-state index contributed by atoms with van der Waals surface area (Å²) in [7, 11) is 1.74. The smallest absolute Gasteiger partial charge is 0.229 e. The van der Waals surface area contributed by atoms with Gasteiger partial charge in [-0.2, -0.15) is 0 Å². The fraction of sp³-hybridized carbons (Fsp3) is 0.263. The minimum atomic E-state index is -0.336. The fourth-order valence-corrected chi connectivity index (χ4v) is 3.24. The number of anilines is 1. The van der Waals surface area contributed by atoms with Crippen LogP contribution in [0.1, 0.15) is 24.4 Å². The molecule has 0 saturated carbocycles. The van der Waals surface area contributed by atoms with Crippen molar-refractivity contribution >= 4 is 17.5 Å². The summed E-state index contributed by atoms with van der Waals surface area (Å²) >= 11 is 0. The van der Waals surface area contributed by atoms with E-state index in [1.807, 2.05) is 30.3 Å². The summed E-state index contributed by atoms with van der Waals surface area (Å²) in [5.74, 6) is -0.333. The van der Waals surface area contributed by atoms with Gasteiger partial charge in [-0.25, -0.2) is 0 Å². The second-order valence-electron chi connectivity index (χ2n) is 6.04. The number of likely N-dealkylation sites (tertiary alicyclic amines) is 1. The number of carbonyl (C=O) groups is 2. The second-order valence-corrected chi connectivity index (χ2v) is 6.04. The van der Waals surface area contributed by atoms with E-state index in [0.29, 0.717) is 18.5 Å². The van der Waals surface area contributed by atoms with Gasteiger partial charge in [-0.05, 0) is 24.1 Å². The number of amides is 2. The summed E-state index contributed by atoms with van der Waals surface area (Å²) in [5.41, 5.74) is 1.50. The third kappa shape index (κ3) is 3.25. The molecule has 0 aliphatic carbocycles. The predicted molar refractivity (Wildman–Crippen MR) is 91.4 cm³/mol. The van der Waals surface area contributed by atoms with Crippen molar-refractivity contribution in [1.82, 2.24) is 4.90 Å². The van der Waals surface area contributed by atoms with E-state index in [-0.39, 0.29) is 29.5 Å². The second kappa shape index (κ2) is 6.74. The zero-order chi connectivity index (χ0) is 17.1. The van der Waals surface area contributed by atoms with Crippen molar-refractivity contribution in [3.63, 3.8) is 0 Å². The third-order valence-electron chi connectivity index (χ3n) is 4.45. The highest BCUT2D eigenvalue weighted by molar-refractivity contribution is 5.94. The Labute approximate surface area is 140 Å². The Morgan fingerprint density at radius 2 is 1.92 bits per heavy atom. The number of rotatable bonds is 3. The van der Waals surface area contributed by atoms with Gasteiger partial charge in [-0.3, -0.25) is 9.59 Å². The van der Waals surface area contributed by atoms with Crippen molar-refractivity contribution in [1.29, 1.82) is 0 Å². The molecule has 3 rings (SSSR count). The number of carbonyl (C=O) groups excluding carboxylic acids is 2. The fourth-order valence-electron chi connectivity index (χ4n) is 3.24. The Morgan fingerprint density at radius 3 is 2.62 bits per heavy atom. The van der Waals surface area contributed by atoms with Crippen LogP contribution in [0.5, 0.6) is 5.75 Å². The van der Waals surface area contributed by atoms with E-state index in [1.54, 1.807) is 30.1 Å². The van der Waals surface area contributed by atoms with Crippen molar-refractivity contribution in [2.24, 2.45) is 5.92 Å². The van der Waals surface area contributed by atoms with Gasteiger partial charge in [0.2, 0.25) is 11.8 Å². The van der Waals surface area contributed by atoms with E-state index in [1.165, 1.54) is 6.07 Å². The summed E-state index contributed by atoms with van der Waals surface area (Å²) in [4.78, 5) is 26.6. The number of hydrogen-bond acceptors (Lipinski definition) is 3. The van der Waals surface area contributed by atoms with Crippen LogP contribution < -0.4 is 5.32 Å². The van der Waals surface area contributed by atoms with Gasteiger partial charge in [-0.1, -0.05) is 36.4 Å². The summed E-state index contributed by atoms with van der Waals surface area (Å²) in [6, 6.07) is 15.8. The minimum Gasteiger partial charge on any atom is -0.508 e. The van der Waals surface area contributed by atoms with Crippen molar-refractivity contribution in [2.75, 3.05) is 12.4 Å². The highest BCUT2D eigenvalue weighted by Crippen LogP contribution is 2.36. The molecule has 0 bridgehead atoms. The lowest BCUT2D eigenvalue weighted by molar-refractivity contribution is -0.140. The zero-order valence-corrected chi connectivity index (χ0v) is 13.5. The molecule has 0 spiro atoms. The standard InChI is InChI=1S/C19H20N2O3/c1-21-17(23)11-10-16(18(21)13-6-3-2-4-7-13)19(24)20-14-8-5-9-15(22)12-14/h2-9,12,16,18,22H,10-11H2,1H3,(H,20,24)/t16-,18+/m1/s1. The van der Waals surface area contributed by atoms with Crippen LogP contribution in [0.3, 0.4) is 0 Å². The van der Waals surface area contributed by atoms with Crippen molar-refractivity contribution in [2.45, 2.75) is 18.9 Å². The predicted octanol–water partition coefficient (Wildman–Crippen LogP) is 2.94. The molecule has 1 heterocycles. The Balaban J connectivity index is 1.86. The van der Waals surface area contributed by atoms with Crippen LogP contribution >= 0.6 is 0 Å². The molecule has 1 saturated heterocycles. The molecule has 24 heavy (non-hydrogen) atoms. The van der Waals surface area contributed by atoms with Crippen LogP contribution in [0, 0.1) is 5.92 Å². The molecule has 5 heteroatoms. The monoisotopic (exact) mass is 324 g/mol. The lowest BCUT2D eigenvalue weighted by atomic mass is 9.84. The van der Waals surface area contributed by atoms with Crippen LogP contribution in [-0.2, 0) is 9.59 Å². The molecule has 5 nitrogen and oxygen atoms in total. The zero-order valence-electron chi connectivity index (χ0n) is 13.5. The van der Waals surface area contributed by atoms with Crippen molar-refractivity contribution in [3.05, 3.63) is 60.2 Å². The van der Waals surface area contributed by atoms with E-state index in [0.717, 1.165) is 5.56 Å². The van der Waals surface area contributed by atoms with Crippen LogP contribution in [0.4, 0.5) is 5.69 Å². The third-order valence-corrected chi connectivity index (χ3v) is 4.45. The first kappa shape index (κ1) is 16.1. The van der Waals surface area contributed by atoms with Crippen LogP contribution in [0.25, 0.3) is 0 Å². The molecule has 124 valence electrons. The SMILES string of the molecule is CN1C(=O)CC[C@@H](C(=O)Nc2cccc(O)c2)[C@@H]1c1ccccc1. The number of nitrogens with zero attached hydrogens (tertiary/aromatic N) is 1. The number of phenolic OH excluding ortho intramolecular Hbond substituents is 1. The number of piperidine rings is 1. The van der Waals surface area contributed by atoms with E-state index >= 15 is 0 Å². The molecule has 2 N–H and O–H groups in total. The number of aromatic hydroxyl groups is 1. The van der Waals surface area contributed by atoms with Crippen LogP contribution in [0.2, 0.25) is 0 Å². The Kier molecular flexibility index (Phi) is 4.51. The Bertz CT molecular complexity index is 745. The molecule has 2 aromatic carbocycles. The van der Waals surface area contributed by atoms with Gasteiger partial charge in [-0.15, -0.1) is 0 Å². The number of benzene rings is 2. The van der Waals surface area contributed by atoms with E-state index < -0.39 is 0 Å². The Morgan fingerprint density at radius 1 is 1.17 bits per heavy atom. The molecule has 1 fully saturated rings. The average molecular weight is 324 g/mol. The van der Waals surface area contributed by atoms with Crippen molar-refractivity contribution in [3.8, 4) is 5.75 Å². The lowest BCUT2D eigenvalue weighted by Gasteiger charge is -2.38. The van der Waals surface area contributed by atoms with Crippen molar-refractivity contribution < 1.29 is 14.7 Å². The topological polar surface area (TPSA) is 69.6 Å². The highest BCUT2D eigenvalue weighted by Gasteiger charge is 2.38. The number of nitrogens with one attached hydrogen (secondary N) is 1. The van der Waals surface area contributed by atoms with Gasteiger partial charge in [0.15, 0.2) is 0 Å². The summed E-state index contributed by atoms with van der Waals surface area (Å²) in [6.45, 7) is 0. The van der Waals surface area contributed by atoms with Gasteiger partial charge in [0, 0.05) is 25.2 Å². The minimum absolute atomic E-state index is 0.0465. The molecule has 1 aliphatic heterocycles. The molecule has 2 aromatic rings. The summed E-state index contributed by atoms with van der Waals surface area (Å²) < 4.78 is 0. The molecule has 2 amide bonds. The maximum absolute atomic E-state index is 12.8. The summed E-state index contributed by atoms with van der Waals surface area (Å²) in [5, 5.41) is 12.4. The molecule has 0 radical (unpaired) electrons. The van der Waals surface area contributed by atoms with Gasteiger partial charge in [0.1, 0.15) is 5.75 Å². The first-order chi connectivity index (χ1) is 11.6. The highest BCUT2D eigenvalue weighted by atomic mass is 16.3. The van der Waals surface area contributed by atoms with Crippen LogP contribution in [-0.4, -0.2) is 28.9 Å². The quantitative estimate of drug-likeness (QED) is 0.912. The van der Waals surface area contributed by atoms with Gasteiger partial charge in [0.25, 0.3) is 0 Å². The van der Waals surface area contributed by atoms with E-state index in [2.05, 4.69) is 5.32 Å². The lowest BCUT2D eigenvalue weighted by Crippen LogP contribution is -2.44. The van der Waals surface area contributed by atoms with Gasteiger partial charge in [0.05, 0.1) is 12.0 Å². The van der Waals surface area contributed by atoms with Gasteiger partial charge < -0.3 is 15.3 Å². The molecule has 0 aromatic heterocycles. The maximum Gasteiger partial charge on any atom is 0.229 e. The number of phenols is 1. The molecule has 0 unspecified atom stereocenters. The first-order valence-electron chi connectivity index (χ1n) is 7.97. The molecular formula is C19H20N2O3. The molecule has 1 aliphatic rings. The molecule has 2 atom stereocenters. The summed E-state index contributed by atoms with van der Waals surface area (Å²) in [6.07, 6.45) is 0.866. The van der Waals surface area contributed by atoms with E-state index in [9.17, 15) is 14.7 Å². The first-order valence-corrected chi connectivity index (χ1v) is 7.97. The Hall–Kier alpha value is -2.82. The molecular weight excluding hydrogens is 304 g/mol.